The monoisotopic (exact) mass is 580 g/mol. The molecule has 0 unspecified atom stereocenters. The maximum absolute atomic E-state index is 14.6. The zero-order valence-electron chi connectivity index (χ0n) is 14.8. The average Bonchev–Trinajstić information content (AvgIpc) is 2.68. The van der Waals surface area contributed by atoms with Gasteiger partial charge in [-0.05, 0) is 0 Å². The molecule has 0 N–H and O–H groups in total. The Labute approximate surface area is 179 Å². The minimum atomic E-state index is -0.982. The summed E-state index contributed by atoms with van der Waals surface area (Å²) in [4.78, 5) is 12.6. The van der Waals surface area contributed by atoms with Crippen LogP contribution in [0, 0.1) is 28.8 Å². The van der Waals surface area contributed by atoms with Crippen LogP contribution in [0.15, 0.2) is 65.6 Å². The molecule has 2 aromatic carbocycles. The van der Waals surface area contributed by atoms with Crippen molar-refractivity contribution in [3.63, 3.8) is 0 Å². The molecule has 2 heterocycles. The number of halogens is 3. The third-order valence-corrected chi connectivity index (χ3v) is 6.47. The van der Waals surface area contributed by atoms with Crippen molar-refractivity contribution >= 4 is 34.4 Å². The van der Waals surface area contributed by atoms with E-state index in [1.165, 1.54) is 24.4 Å². The summed E-state index contributed by atoms with van der Waals surface area (Å²) >= 11 is 0.355. The Bertz CT molecular complexity index is 1370. The van der Waals surface area contributed by atoms with Gasteiger partial charge in [0.15, 0.2) is 0 Å². The van der Waals surface area contributed by atoms with Crippen LogP contribution in [0.1, 0.15) is 5.56 Å². The standard InChI is InChI=1S/C22H10F3N2O.Tl/c23-15-6-4-14(5-7-15)18-2-1-3-19-22(20(28)8-9-27(18)19)21-16(24)10-13(12-26)11-17(21)25;/h1-4,6-11H;. The molecule has 0 bridgehead atoms. The van der Waals surface area contributed by atoms with Crippen molar-refractivity contribution in [2.24, 2.45) is 0 Å². The minimum absolute atomic E-state index is 0.131. The summed E-state index contributed by atoms with van der Waals surface area (Å²) in [5.74, 6) is -2.30. The molecule has 138 valence electrons. The van der Waals surface area contributed by atoms with Crippen molar-refractivity contribution < 1.29 is 13.2 Å². The van der Waals surface area contributed by atoms with Gasteiger partial charge in [-0.15, -0.1) is 0 Å². The van der Waals surface area contributed by atoms with Gasteiger partial charge in [-0.25, -0.2) is 0 Å². The van der Waals surface area contributed by atoms with E-state index in [1.54, 1.807) is 34.7 Å². The number of benzene rings is 2. The average molecular weight is 580 g/mol. The molecule has 0 saturated heterocycles. The first kappa shape index (κ1) is 19.4. The molecule has 0 saturated carbocycles. The number of rotatable bonds is 2. The fraction of sp³-hybridized carbons (Fsp3) is 0. The Morgan fingerprint density at radius 1 is 0.931 bits per heavy atom. The van der Waals surface area contributed by atoms with Gasteiger partial charge in [0.25, 0.3) is 0 Å². The summed E-state index contributed by atoms with van der Waals surface area (Å²) in [6, 6.07) is 14.3. The molecule has 29 heavy (non-hydrogen) atoms. The van der Waals surface area contributed by atoms with Crippen molar-refractivity contribution in [3.05, 3.63) is 94.0 Å². The molecule has 4 aromatic rings. The Kier molecular flexibility index (Phi) is 5.00. The molecule has 0 fully saturated rings. The van der Waals surface area contributed by atoms with Gasteiger partial charge in [0.05, 0.1) is 0 Å². The molecule has 0 amide bonds. The van der Waals surface area contributed by atoms with Crippen LogP contribution in [0.25, 0.3) is 27.9 Å². The molecule has 0 aliphatic carbocycles. The van der Waals surface area contributed by atoms with Gasteiger partial charge in [0, 0.05) is 0 Å². The van der Waals surface area contributed by atoms with E-state index >= 15 is 0 Å². The zero-order chi connectivity index (χ0) is 20.7. The molecule has 2 aromatic heterocycles. The first-order valence-corrected chi connectivity index (χ1v) is 10.7. The predicted molar refractivity (Wildman–Crippen MR) is 105 cm³/mol. The van der Waals surface area contributed by atoms with Crippen molar-refractivity contribution in [1.29, 1.82) is 5.26 Å². The van der Waals surface area contributed by atoms with E-state index in [0.717, 1.165) is 20.8 Å². The van der Waals surface area contributed by atoms with E-state index in [1.807, 2.05) is 0 Å². The molecule has 7 heteroatoms. The second-order valence-electron chi connectivity index (χ2n) is 6.38. The van der Waals surface area contributed by atoms with Crippen LogP contribution in [0.2, 0.25) is 0 Å². The summed E-state index contributed by atoms with van der Waals surface area (Å²) < 4.78 is 45.3. The molecular weight excluding hydrogens is 570 g/mol. The summed E-state index contributed by atoms with van der Waals surface area (Å²) in [5.41, 5.74) is 0.457. The Morgan fingerprint density at radius 2 is 1.66 bits per heavy atom. The molecular formula is C22H10F3N2OTl. The SMILES string of the molecule is N#Cc1cc(F)c(-c2c(=O)ccn3c(-c4ccc(F)c[c]4[Tl])cccc23)c(F)c1. The normalized spacial score (nSPS) is 10.8. The van der Waals surface area contributed by atoms with Gasteiger partial charge in [-0.2, -0.15) is 0 Å². The first-order valence-electron chi connectivity index (χ1n) is 8.50. The van der Waals surface area contributed by atoms with Crippen LogP contribution in [0.3, 0.4) is 0 Å². The van der Waals surface area contributed by atoms with Crippen molar-refractivity contribution in [3.8, 4) is 28.5 Å². The summed E-state index contributed by atoms with van der Waals surface area (Å²) in [6.07, 6.45) is 1.53. The number of nitrogens with zero attached hydrogens (tertiary/aromatic N) is 2. The zero-order valence-corrected chi connectivity index (χ0v) is 19.3. The number of aromatic nitrogens is 1. The van der Waals surface area contributed by atoms with E-state index in [9.17, 15) is 18.0 Å². The number of hydrogen-bond acceptors (Lipinski definition) is 2. The number of fused-ring (bicyclic) bond motifs is 1. The quantitative estimate of drug-likeness (QED) is 0.340. The Morgan fingerprint density at radius 3 is 2.31 bits per heavy atom. The first-order chi connectivity index (χ1) is 13.9. The van der Waals surface area contributed by atoms with E-state index in [4.69, 9.17) is 5.26 Å². The van der Waals surface area contributed by atoms with Crippen molar-refractivity contribution in [2.45, 2.75) is 0 Å². The molecule has 4 rings (SSSR count). The van der Waals surface area contributed by atoms with Gasteiger partial charge in [-0.1, -0.05) is 0 Å². The van der Waals surface area contributed by atoms with E-state index < -0.39 is 22.6 Å². The van der Waals surface area contributed by atoms with Gasteiger partial charge in [0.1, 0.15) is 0 Å². The molecule has 3 nitrogen and oxygen atoms in total. The topological polar surface area (TPSA) is 45.3 Å². The van der Waals surface area contributed by atoms with Crippen LogP contribution in [-0.4, -0.2) is 30.2 Å². The van der Waals surface area contributed by atoms with Crippen LogP contribution in [0.4, 0.5) is 13.2 Å². The fourth-order valence-corrected chi connectivity index (χ4v) is 4.92. The molecule has 0 aliphatic rings. The summed E-state index contributed by atoms with van der Waals surface area (Å²) in [6.45, 7) is 0. The predicted octanol–water partition coefficient (Wildman–Crippen LogP) is 3.72. The van der Waals surface area contributed by atoms with Gasteiger partial charge in [0.2, 0.25) is 0 Å². The van der Waals surface area contributed by atoms with E-state index in [2.05, 4.69) is 0 Å². The van der Waals surface area contributed by atoms with Gasteiger partial charge < -0.3 is 0 Å². The van der Waals surface area contributed by atoms with Crippen LogP contribution in [-0.2, 0) is 0 Å². The van der Waals surface area contributed by atoms with Crippen molar-refractivity contribution in [1.82, 2.24) is 4.40 Å². The maximum atomic E-state index is 14.6. The molecule has 0 aliphatic heterocycles. The second kappa shape index (κ2) is 7.48. The summed E-state index contributed by atoms with van der Waals surface area (Å²) in [5, 5.41) is 8.91. The Hall–Kier alpha value is -2.93. The number of hydrogen-bond donors (Lipinski definition) is 0. The van der Waals surface area contributed by atoms with Crippen LogP contribution < -0.4 is 8.55 Å². The van der Waals surface area contributed by atoms with Crippen molar-refractivity contribution in [2.75, 3.05) is 0 Å². The summed E-state index contributed by atoms with van der Waals surface area (Å²) in [7, 11) is 0. The van der Waals surface area contributed by atoms with Crippen LogP contribution in [0.5, 0.6) is 0 Å². The number of nitriles is 1. The molecule has 0 atom stereocenters. The van der Waals surface area contributed by atoms with E-state index in [0.29, 0.717) is 37.0 Å². The van der Waals surface area contributed by atoms with Gasteiger partial charge in [-0.3, -0.25) is 0 Å². The second-order valence-corrected chi connectivity index (χ2v) is 8.80. The van der Waals surface area contributed by atoms with E-state index in [-0.39, 0.29) is 16.9 Å². The Balaban J connectivity index is 2.08. The number of pyridine rings is 2. The molecule has 0 radical (unpaired) electrons. The molecule has 0 spiro atoms. The van der Waals surface area contributed by atoms with Crippen LogP contribution >= 0.6 is 0 Å². The third kappa shape index (κ3) is 3.35. The third-order valence-electron chi connectivity index (χ3n) is 4.62. The van der Waals surface area contributed by atoms with Gasteiger partial charge >= 0.3 is 180 Å². The fourth-order valence-electron chi connectivity index (χ4n) is 3.35.